The molecule has 7 saturated heterocycles. The van der Waals surface area contributed by atoms with E-state index >= 15 is 19.2 Å². The van der Waals surface area contributed by atoms with E-state index in [2.05, 4.69) is 0 Å². The number of benzene rings is 3. The number of hydrogen-bond acceptors (Lipinski definition) is 38. The molecule has 7 aliphatic heterocycles. The molecule has 2 saturated carbocycles. The van der Waals surface area contributed by atoms with Gasteiger partial charge in [-0.25, -0.2) is 0 Å². The number of methoxy groups -OCH3 is 3. The van der Waals surface area contributed by atoms with Gasteiger partial charge < -0.3 is 157 Å². The number of aromatic hydroxyl groups is 5. The summed E-state index contributed by atoms with van der Waals surface area (Å²) in [5, 5.41) is 197. The van der Waals surface area contributed by atoms with E-state index in [1.807, 2.05) is 0 Å². The molecule has 0 amide bonds. The van der Waals surface area contributed by atoms with Crippen LogP contribution in [0.5, 0.6) is 40.2 Å². The van der Waals surface area contributed by atoms with Gasteiger partial charge in [-0.05, 0) is 92.9 Å². The number of phenolic OH excluding ortho intramolecular Hbond substituents is 5. The average molecular weight is 1740 g/mol. The lowest BCUT2D eigenvalue weighted by molar-refractivity contribution is -0.358. The van der Waals surface area contributed by atoms with Crippen molar-refractivity contribution in [2.24, 2.45) is 17.8 Å². The number of ketones is 6. The second-order valence-electron chi connectivity index (χ2n) is 35.3. The fourth-order valence-corrected chi connectivity index (χ4v) is 21.7. The summed E-state index contributed by atoms with van der Waals surface area (Å²) < 4.78 is 100. The molecule has 0 radical (unpaired) electrons. The first-order chi connectivity index (χ1) is 58.0. The van der Waals surface area contributed by atoms with Crippen LogP contribution in [0, 0.1) is 17.8 Å². The summed E-state index contributed by atoms with van der Waals surface area (Å²) in [4.78, 5) is 89.6. The Morgan fingerprint density at radius 3 is 1.53 bits per heavy atom. The summed E-state index contributed by atoms with van der Waals surface area (Å²) in [5.74, 6) is -20.2. The lowest BCUT2D eigenvalue weighted by Crippen LogP contribution is -2.80. The number of fused-ring (bicyclic) bond motifs is 6. The van der Waals surface area contributed by atoms with Gasteiger partial charge in [-0.15, -0.1) is 0 Å². The van der Waals surface area contributed by atoms with Crippen LogP contribution in [-0.2, 0) is 82.3 Å². The van der Waals surface area contributed by atoms with Crippen molar-refractivity contribution in [2.75, 3.05) is 27.9 Å². The van der Waals surface area contributed by atoms with Gasteiger partial charge in [0.1, 0.15) is 87.8 Å². The fraction of sp³-hybridized carbons (Fsp3) is 0.718. The Kier molecular flexibility index (Phi) is 24.4. The average Bonchev–Trinajstić information content (AvgIpc) is 1.49. The molecule has 0 unspecified atom stereocenters. The normalized spacial score (nSPS) is 42.9. The predicted octanol–water partition coefficient (Wildman–Crippen LogP) is 1.96. The first-order valence-electron chi connectivity index (χ1n) is 42.1. The quantitative estimate of drug-likeness (QED) is 0.0639. The number of carbonyl (C=O) groups is 6. The third-order valence-corrected chi connectivity index (χ3v) is 28.4. The number of carbonyl (C=O) groups excluding carboxylic acids is 6. The van der Waals surface area contributed by atoms with E-state index in [0.717, 1.165) is 21.3 Å². The number of phenols is 5. The largest absolute Gasteiger partial charge is 0.507 e. The van der Waals surface area contributed by atoms with Crippen molar-refractivity contribution in [3.8, 4) is 40.2 Å². The Bertz CT molecular complexity index is 4700. The highest BCUT2D eigenvalue weighted by Crippen LogP contribution is 2.69. The third-order valence-electron chi connectivity index (χ3n) is 28.4. The van der Waals surface area contributed by atoms with Crippen LogP contribution >= 0.6 is 0 Å². The summed E-state index contributed by atoms with van der Waals surface area (Å²) in [6.45, 7) is 14.7. The van der Waals surface area contributed by atoms with E-state index < -0.39 is 361 Å². The monoisotopic (exact) mass is 1740 g/mol. The van der Waals surface area contributed by atoms with Crippen molar-refractivity contribution in [3.05, 3.63) is 44.7 Å². The highest BCUT2D eigenvalue weighted by Gasteiger charge is 2.82. The molecule has 0 aromatic heterocycles. The maximum Gasteiger partial charge on any atom is 0.232 e. The van der Waals surface area contributed by atoms with Gasteiger partial charge >= 0.3 is 0 Å². The van der Waals surface area contributed by atoms with Crippen LogP contribution in [0.15, 0.2) is 5.76 Å². The van der Waals surface area contributed by atoms with Crippen LogP contribution in [0.25, 0.3) is 16.3 Å². The van der Waals surface area contributed by atoms with Gasteiger partial charge in [0.05, 0.1) is 151 Å². The maximum atomic E-state index is 16.4. The number of aliphatic hydroxyl groups is 11. The van der Waals surface area contributed by atoms with E-state index in [1.165, 1.54) is 27.7 Å². The summed E-state index contributed by atoms with van der Waals surface area (Å²) in [5.41, 5.74) is -22.9. The van der Waals surface area contributed by atoms with E-state index in [-0.39, 0.29) is 70.8 Å². The van der Waals surface area contributed by atoms with Crippen molar-refractivity contribution in [1.29, 1.82) is 0 Å². The zero-order chi connectivity index (χ0) is 89.4. The molecular formula is C85H112O38. The van der Waals surface area contributed by atoms with E-state index in [1.54, 1.807) is 41.5 Å². The van der Waals surface area contributed by atoms with Gasteiger partial charge in [0.2, 0.25) is 23.1 Å². The highest BCUT2D eigenvalue weighted by molar-refractivity contribution is 6.43. The molecule has 3 aromatic carbocycles. The lowest BCUT2D eigenvalue weighted by atomic mass is 9.53. The second kappa shape index (κ2) is 33.0. The van der Waals surface area contributed by atoms with Gasteiger partial charge in [0.25, 0.3) is 0 Å². The van der Waals surface area contributed by atoms with Crippen molar-refractivity contribution in [1.82, 2.24) is 0 Å². The molecular weight excluding hydrogens is 1630 g/mol. The molecule has 5 aliphatic carbocycles. The molecule has 12 aliphatic rings. The smallest absolute Gasteiger partial charge is 0.232 e. The number of allylic oxidation sites excluding steroid dienone is 2. The molecule has 38 nitrogen and oxygen atoms in total. The Morgan fingerprint density at radius 2 is 1.00 bits per heavy atom. The maximum absolute atomic E-state index is 16.4. The number of ether oxygens (including phenoxy) is 16. The summed E-state index contributed by atoms with van der Waals surface area (Å²) in [6, 6.07) is 0. The van der Waals surface area contributed by atoms with Gasteiger partial charge in [-0.3, -0.25) is 28.8 Å². The van der Waals surface area contributed by atoms with Crippen molar-refractivity contribution in [3.63, 3.8) is 0 Å². The van der Waals surface area contributed by atoms with Crippen LogP contribution < -0.4 is 9.47 Å². The number of aliphatic hydroxyl groups excluding tert-OH is 6. The summed E-state index contributed by atoms with van der Waals surface area (Å²) in [7, 11) is 2.88. The molecule has 4 bridgehead atoms. The molecule has 3 aromatic rings. The Balaban J connectivity index is 0.806. The molecule has 680 valence electrons. The van der Waals surface area contributed by atoms with Crippen LogP contribution in [-0.4, -0.2) is 319 Å². The Morgan fingerprint density at radius 1 is 0.480 bits per heavy atom. The van der Waals surface area contributed by atoms with Gasteiger partial charge in [-0.1, -0.05) is 33.6 Å². The van der Waals surface area contributed by atoms with Crippen molar-refractivity contribution >= 4 is 51.0 Å². The molecule has 9 fully saturated rings. The highest BCUT2D eigenvalue weighted by atomic mass is 16.8. The van der Waals surface area contributed by atoms with Crippen molar-refractivity contribution < 1.29 is 186 Å². The minimum atomic E-state index is -3.33. The zero-order valence-corrected chi connectivity index (χ0v) is 70.3. The van der Waals surface area contributed by atoms with Gasteiger partial charge in [0.15, 0.2) is 77.8 Å². The minimum absolute atomic E-state index is 0.00265. The first kappa shape index (κ1) is 90.9. The number of hydrogen-bond donors (Lipinski definition) is 16. The standard InChI is InChI=1S/C85H112O38/c1-14-21-82(105)78(121-43-18-17-42(31(5)112-43)118-46-24-29(3)81(104,28-111-46)35(9)87)68(99)70(119-47-26-39(88)59(90)32(6)114-47)38-25-37-49(76(101)84(38,82)106)62(93)52-53(61(37)92)73(109-12)74(110-13)55(65(52)96)54-63(94)50-51(67(98)72(54)108-11)64(95)56-57(66(50)97)77(102)85(107)58-71(56)123-83(85,22-15-2)79(69(100)75(58)120-48-27-40(89)60(91)33(7)115-48)122-44-19-16-41(30(4)113-44)117-45-20-23-80(103,34(8)86)36(10)116-45/h29-33,36,38-48,58-60,68-71,75,78-79,88-93,95-97,99-100,103-107H,14-28H2,1-13H3/t29-,30-,31-,32+,33+,36+,38-,39-,40-,41+,42+,43+,44+,45+,46-,47+,48+,58-,59+,60+,68+,69-,70-,71+,75+,78-,79+,80-,81+,82+,83+,84+,85-/m1/s1. The molecule has 15 rings (SSSR count). The number of Topliss-reactive ketones (excluding diaryl/α,β-unsaturated/α-hetero) is 6. The van der Waals surface area contributed by atoms with Gasteiger partial charge in [0, 0.05) is 55.6 Å². The van der Waals surface area contributed by atoms with Crippen LogP contribution in [0.1, 0.15) is 217 Å². The fourth-order valence-electron chi connectivity index (χ4n) is 21.7. The molecule has 33 atom stereocenters. The summed E-state index contributed by atoms with van der Waals surface area (Å²) >= 11 is 0. The molecule has 38 heteroatoms. The van der Waals surface area contributed by atoms with Crippen LogP contribution in [0.2, 0.25) is 0 Å². The van der Waals surface area contributed by atoms with E-state index in [9.17, 15) is 91.3 Å². The predicted molar refractivity (Wildman–Crippen MR) is 414 cm³/mol. The molecule has 16 N–H and O–H groups in total. The van der Waals surface area contributed by atoms with Crippen molar-refractivity contribution in [2.45, 2.75) is 340 Å². The summed E-state index contributed by atoms with van der Waals surface area (Å²) in [6.07, 6.45) is -35.5. The zero-order valence-electron chi connectivity index (χ0n) is 70.3. The second-order valence-corrected chi connectivity index (χ2v) is 35.3. The first-order valence-corrected chi connectivity index (χ1v) is 42.1. The van der Waals surface area contributed by atoms with Crippen LogP contribution in [0.4, 0.5) is 0 Å². The van der Waals surface area contributed by atoms with E-state index in [0.29, 0.717) is 0 Å². The van der Waals surface area contributed by atoms with E-state index in [4.69, 9.17) is 75.8 Å². The molecule has 123 heavy (non-hydrogen) atoms. The SMILES string of the molecule is CCC[C@@]12O[C@H]3c4c(O)c5c(c(O)c4C(=O)[C@]1(O)[C@H]3[C@H](O[C@H]1C[C@@H](O)[C@@H](O)[C@H](C)O1)[C@@H](O)[C@@H]2O[C@H]1CC[C@H](O[C@H]2CC[C@@](O)(C(C)=O)[C@H](C)O2)[C@@H](C)O1)C(=O)C(c1c(OC)c(OC)c2c(O)c3c(c(O)c2c1O)C(=O)[C@@]1(O)[C@H](C3)[C@@H](O[C@H]2C[C@@H](O)[C@@H](O)[C@H](C)O2)[C@H](O)[C@@H](O[C@H]2CC[C@H](O[C@@H]3C[C@@H](C)[C@](O)(C(C)=O)CO3)[C@@H](C)O2)[C@@]1(O)CCC)=C(OC)C5=O. The minimum Gasteiger partial charge on any atom is -0.507 e. The third kappa shape index (κ3) is 13.7. The Labute approximate surface area is 705 Å². The molecule has 0 spiro atoms. The Hall–Kier alpha value is -6.88. The number of rotatable bonds is 22. The lowest BCUT2D eigenvalue weighted by Gasteiger charge is -2.60. The van der Waals surface area contributed by atoms with Crippen LogP contribution in [0.3, 0.4) is 0 Å². The molecule has 7 heterocycles. The topological polar surface area (TPSA) is 574 Å². The van der Waals surface area contributed by atoms with Gasteiger partial charge in [-0.2, -0.15) is 0 Å².